The van der Waals surface area contributed by atoms with Crippen LogP contribution >= 0.6 is 0 Å². The Morgan fingerprint density at radius 2 is 1.64 bits per heavy atom. The van der Waals surface area contributed by atoms with E-state index in [1.807, 2.05) is 37.3 Å². The molecule has 2 nitrogen and oxygen atoms in total. The molecule has 118 valence electrons. The van der Waals surface area contributed by atoms with E-state index in [2.05, 4.69) is 20.8 Å². The third kappa shape index (κ3) is 3.58. The van der Waals surface area contributed by atoms with Crippen LogP contribution in [0.4, 0.5) is 0 Å². The van der Waals surface area contributed by atoms with Crippen molar-refractivity contribution in [2.75, 3.05) is 0 Å². The maximum atomic E-state index is 12.6. The molecule has 1 aliphatic carbocycles. The first-order valence-electron chi connectivity index (χ1n) is 7.75. The van der Waals surface area contributed by atoms with E-state index in [0.29, 0.717) is 16.2 Å². The average molecular weight is 316 g/mol. The predicted molar refractivity (Wildman–Crippen MR) is 92.3 cm³/mol. The number of sulfone groups is 1. The van der Waals surface area contributed by atoms with Gasteiger partial charge < -0.3 is 0 Å². The lowest BCUT2D eigenvalue weighted by atomic mass is 10.0. The summed E-state index contributed by atoms with van der Waals surface area (Å²) in [7, 11) is -3.35. The Bertz CT molecular complexity index is 732. The minimum absolute atomic E-state index is 0.272. The first-order valence-corrected chi connectivity index (χ1v) is 9.23. The first-order chi connectivity index (χ1) is 10.3. The van der Waals surface area contributed by atoms with Crippen LogP contribution in [-0.2, 0) is 16.3 Å². The maximum absolute atomic E-state index is 12.6. The van der Waals surface area contributed by atoms with Crippen LogP contribution in [0.2, 0.25) is 0 Å². The highest BCUT2D eigenvalue weighted by molar-refractivity contribution is 7.95. The minimum Gasteiger partial charge on any atom is -0.218 e. The molecule has 1 aliphatic heterocycles. The van der Waals surface area contributed by atoms with Gasteiger partial charge in [-0.1, -0.05) is 64.1 Å². The lowest BCUT2D eigenvalue weighted by Gasteiger charge is -2.19. The molecule has 1 aromatic carbocycles. The number of benzene rings is 1. The molecule has 22 heavy (non-hydrogen) atoms. The van der Waals surface area contributed by atoms with Gasteiger partial charge in [0.1, 0.15) is 0 Å². The van der Waals surface area contributed by atoms with Gasteiger partial charge in [0.15, 0.2) is 0 Å². The Morgan fingerprint density at radius 1 is 1.05 bits per heavy atom. The van der Waals surface area contributed by atoms with Gasteiger partial charge in [0.05, 0.1) is 9.80 Å². The maximum Gasteiger partial charge on any atom is 0.207 e. The van der Waals surface area contributed by atoms with Crippen molar-refractivity contribution >= 4 is 9.84 Å². The van der Waals surface area contributed by atoms with E-state index in [1.54, 1.807) is 18.2 Å². The summed E-state index contributed by atoms with van der Waals surface area (Å²) < 4.78 is 25.1. The van der Waals surface area contributed by atoms with Gasteiger partial charge in [-0.05, 0) is 35.1 Å². The molecule has 0 fully saturated rings. The van der Waals surface area contributed by atoms with Crippen molar-refractivity contribution in [1.29, 1.82) is 0 Å². The largest absolute Gasteiger partial charge is 0.218 e. The number of hydrogen-bond acceptors (Lipinski definition) is 2. The predicted octanol–water partition coefficient (Wildman–Crippen LogP) is 4.69. The zero-order valence-electron chi connectivity index (χ0n) is 13.7. The van der Waals surface area contributed by atoms with Crippen LogP contribution in [0.1, 0.15) is 33.3 Å². The highest BCUT2D eigenvalue weighted by atomic mass is 32.2. The Hall–Kier alpha value is -1.61. The Labute approximate surface area is 134 Å². The second kappa shape index (κ2) is 6.66. The molecular formula is C19H24O2S. The van der Waals surface area contributed by atoms with Gasteiger partial charge >= 0.3 is 0 Å². The third-order valence-electron chi connectivity index (χ3n) is 3.40. The van der Waals surface area contributed by atoms with E-state index >= 15 is 0 Å². The summed E-state index contributed by atoms with van der Waals surface area (Å²) in [5, 5.41) is 0. The summed E-state index contributed by atoms with van der Waals surface area (Å²) >= 11 is 0. The molecule has 3 rings (SSSR count). The topological polar surface area (TPSA) is 34.1 Å². The summed E-state index contributed by atoms with van der Waals surface area (Å²) in [5.74, 6) is 1.11. The van der Waals surface area contributed by atoms with Crippen molar-refractivity contribution in [1.82, 2.24) is 0 Å². The van der Waals surface area contributed by atoms with E-state index in [-0.39, 0.29) is 5.92 Å². The van der Waals surface area contributed by atoms with Crippen molar-refractivity contribution in [3.8, 4) is 0 Å². The van der Waals surface area contributed by atoms with E-state index in [4.69, 9.17) is 0 Å². The number of hydrogen-bond donors (Lipinski definition) is 0. The molecular weight excluding hydrogens is 292 g/mol. The van der Waals surface area contributed by atoms with Crippen LogP contribution in [0.5, 0.6) is 0 Å². The molecule has 0 saturated heterocycles. The van der Waals surface area contributed by atoms with Gasteiger partial charge in [0, 0.05) is 6.42 Å². The standard InChI is InChI=1S/C15H14O2S.C4H10/c1-11-6-8-13-10-12-4-2-3-5-14(12)18(16,17)15(13)9-7-11;1-4(2)3/h2-9,11H,10H2,1H3;4H,1-3H3. The molecule has 2 aliphatic rings. The molecule has 0 spiro atoms. The van der Waals surface area contributed by atoms with Crippen LogP contribution in [0.15, 0.2) is 63.9 Å². The van der Waals surface area contributed by atoms with Gasteiger partial charge in [-0.3, -0.25) is 0 Å². The molecule has 0 N–H and O–H groups in total. The lowest BCUT2D eigenvalue weighted by Crippen LogP contribution is -2.14. The molecule has 1 unspecified atom stereocenters. The van der Waals surface area contributed by atoms with Crippen LogP contribution < -0.4 is 0 Å². The SMILES string of the molecule is CC(C)C.CC1C=CC2=C(C=C1)S(=O)(=O)c1ccccc1C2. The second-order valence-corrected chi connectivity index (χ2v) is 8.37. The summed E-state index contributed by atoms with van der Waals surface area (Å²) in [4.78, 5) is 0.915. The molecule has 0 saturated carbocycles. The van der Waals surface area contributed by atoms with Crippen LogP contribution in [0.25, 0.3) is 0 Å². The fourth-order valence-electron chi connectivity index (χ4n) is 2.40. The molecule has 3 heteroatoms. The molecule has 1 atom stereocenters. The van der Waals surface area contributed by atoms with Crippen molar-refractivity contribution in [2.45, 2.75) is 39.0 Å². The molecule has 0 radical (unpaired) electrons. The van der Waals surface area contributed by atoms with E-state index in [9.17, 15) is 8.42 Å². The minimum atomic E-state index is -3.35. The summed E-state index contributed by atoms with van der Waals surface area (Å²) in [6.45, 7) is 8.55. The van der Waals surface area contributed by atoms with Crippen molar-refractivity contribution < 1.29 is 8.42 Å². The lowest BCUT2D eigenvalue weighted by molar-refractivity contribution is 0.600. The third-order valence-corrected chi connectivity index (χ3v) is 5.36. The van der Waals surface area contributed by atoms with Crippen molar-refractivity contribution in [3.63, 3.8) is 0 Å². The van der Waals surface area contributed by atoms with E-state index < -0.39 is 9.84 Å². The number of rotatable bonds is 0. The summed E-state index contributed by atoms with van der Waals surface area (Å²) in [6.07, 6.45) is 8.38. The normalized spacial score (nSPS) is 21.6. The molecule has 1 aromatic rings. The summed E-state index contributed by atoms with van der Waals surface area (Å²) in [6, 6.07) is 7.25. The molecule has 0 amide bonds. The highest BCUT2D eigenvalue weighted by Crippen LogP contribution is 2.35. The fraction of sp³-hybridized carbons (Fsp3) is 0.368. The van der Waals surface area contributed by atoms with Crippen LogP contribution in [0.3, 0.4) is 0 Å². The zero-order chi connectivity index (χ0) is 16.3. The van der Waals surface area contributed by atoms with E-state index in [1.165, 1.54) is 0 Å². The second-order valence-electron chi connectivity index (χ2n) is 6.49. The average Bonchev–Trinajstić information content (AvgIpc) is 2.61. The van der Waals surface area contributed by atoms with Gasteiger partial charge in [0.25, 0.3) is 0 Å². The first kappa shape index (κ1) is 16.8. The van der Waals surface area contributed by atoms with E-state index in [0.717, 1.165) is 17.1 Å². The quantitative estimate of drug-likeness (QED) is 0.695. The van der Waals surface area contributed by atoms with Crippen molar-refractivity contribution in [2.24, 2.45) is 11.8 Å². The van der Waals surface area contributed by atoms with Gasteiger partial charge in [-0.15, -0.1) is 0 Å². The van der Waals surface area contributed by atoms with Crippen molar-refractivity contribution in [3.05, 3.63) is 64.6 Å². The molecule has 1 heterocycles. The highest BCUT2D eigenvalue weighted by Gasteiger charge is 2.29. The van der Waals surface area contributed by atoms with Gasteiger partial charge in [-0.2, -0.15) is 0 Å². The Balaban J connectivity index is 0.000000396. The van der Waals surface area contributed by atoms with Gasteiger partial charge in [0.2, 0.25) is 9.84 Å². The van der Waals surface area contributed by atoms with Crippen LogP contribution in [-0.4, -0.2) is 8.42 Å². The summed E-state index contributed by atoms with van der Waals surface area (Å²) in [5.41, 5.74) is 1.79. The smallest absolute Gasteiger partial charge is 0.207 e. The molecule has 0 bridgehead atoms. The van der Waals surface area contributed by atoms with Gasteiger partial charge in [-0.25, -0.2) is 8.42 Å². The number of fused-ring (bicyclic) bond motifs is 1. The molecule has 0 aromatic heterocycles. The fourth-order valence-corrected chi connectivity index (χ4v) is 4.13. The zero-order valence-corrected chi connectivity index (χ0v) is 14.5. The Kier molecular flexibility index (Phi) is 5.07. The number of allylic oxidation sites excluding steroid dienone is 5. The Morgan fingerprint density at radius 3 is 2.32 bits per heavy atom. The monoisotopic (exact) mass is 316 g/mol. The van der Waals surface area contributed by atoms with Crippen LogP contribution in [0, 0.1) is 11.8 Å².